The Morgan fingerprint density at radius 1 is 1.29 bits per heavy atom. The Bertz CT molecular complexity index is 606. The summed E-state index contributed by atoms with van der Waals surface area (Å²) in [5.74, 6) is -1.34. The van der Waals surface area contributed by atoms with Crippen molar-refractivity contribution in [2.75, 3.05) is 0 Å². The van der Waals surface area contributed by atoms with Gasteiger partial charge in [-0.1, -0.05) is 36.7 Å². The molecule has 0 heterocycles. The van der Waals surface area contributed by atoms with Crippen LogP contribution >= 0.6 is 23.2 Å². The molecule has 0 aromatic heterocycles. The molecule has 114 valence electrons. The summed E-state index contributed by atoms with van der Waals surface area (Å²) in [6, 6.07) is 2.87. The third-order valence-electron chi connectivity index (χ3n) is 2.92. The first-order valence-corrected chi connectivity index (χ1v) is 7.00. The van der Waals surface area contributed by atoms with Gasteiger partial charge in [-0.15, -0.1) is 0 Å². The van der Waals surface area contributed by atoms with Gasteiger partial charge in [0.25, 0.3) is 0 Å². The van der Waals surface area contributed by atoms with E-state index in [1.165, 1.54) is 26.0 Å². The molecule has 0 fully saturated rings. The summed E-state index contributed by atoms with van der Waals surface area (Å²) in [6.45, 7) is 8.25. The number of halogens is 2. The highest BCUT2D eigenvalue weighted by molar-refractivity contribution is 6.45. The highest BCUT2D eigenvalue weighted by Crippen LogP contribution is 2.37. The van der Waals surface area contributed by atoms with Gasteiger partial charge in [0.15, 0.2) is 11.4 Å². The predicted molar refractivity (Wildman–Crippen MR) is 82.6 cm³/mol. The van der Waals surface area contributed by atoms with Crippen LogP contribution in [-0.2, 0) is 4.79 Å². The lowest BCUT2D eigenvalue weighted by molar-refractivity contribution is -0.152. The second-order valence-electron chi connectivity index (χ2n) is 4.94. The summed E-state index contributed by atoms with van der Waals surface area (Å²) in [5.41, 5.74) is -0.840. The van der Waals surface area contributed by atoms with Gasteiger partial charge in [0.05, 0.1) is 5.02 Å². The Morgan fingerprint density at radius 2 is 1.86 bits per heavy atom. The van der Waals surface area contributed by atoms with Gasteiger partial charge < -0.3 is 9.84 Å². The zero-order valence-corrected chi connectivity index (χ0v) is 13.5. The Hall–Kier alpha value is -1.52. The molecule has 0 aliphatic rings. The molecule has 0 bridgehead atoms. The van der Waals surface area contributed by atoms with Crippen LogP contribution in [0.3, 0.4) is 0 Å². The van der Waals surface area contributed by atoms with Gasteiger partial charge in [-0.05, 0) is 38.0 Å². The molecule has 4 nitrogen and oxygen atoms in total. The number of Topliss-reactive ketones (excluding diaryl/α,β-unsaturated/α-hetero) is 1. The van der Waals surface area contributed by atoms with Crippen molar-refractivity contribution in [1.82, 2.24) is 0 Å². The summed E-state index contributed by atoms with van der Waals surface area (Å²) in [7, 11) is 0. The molecule has 0 unspecified atom stereocenters. The quantitative estimate of drug-likeness (QED) is 0.620. The number of hydrogen-bond acceptors (Lipinski definition) is 3. The summed E-state index contributed by atoms with van der Waals surface area (Å²) in [6.07, 6.45) is 0.497. The van der Waals surface area contributed by atoms with Crippen LogP contribution in [-0.4, -0.2) is 22.5 Å². The largest absolute Gasteiger partial charge is 0.478 e. The fourth-order valence-electron chi connectivity index (χ4n) is 1.46. The number of ketones is 1. The van der Waals surface area contributed by atoms with Crippen molar-refractivity contribution in [3.05, 3.63) is 39.9 Å². The number of rotatable bonds is 6. The smallest absolute Gasteiger partial charge is 0.347 e. The average Bonchev–Trinajstić information content (AvgIpc) is 2.42. The van der Waals surface area contributed by atoms with Crippen LogP contribution in [0.2, 0.25) is 10.0 Å². The van der Waals surface area contributed by atoms with Crippen LogP contribution in [0.1, 0.15) is 37.6 Å². The SMILES string of the molecule is C=C(CC)C(=O)c1ccc(OC(C)(C)C(=O)O)c(Cl)c1Cl. The second kappa shape index (κ2) is 6.50. The van der Waals surface area contributed by atoms with Crippen LogP contribution in [0.25, 0.3) is 0 Å². The molecular formula is C15H16Cl2O4. The topological polar surface area (TPSA) is 63.6 Å². The van der Waals surface area contributed by atoms with Crippen molar-refractivity contribution in [1.29, 1.82) is 0 Å². The van der Waals surface area contributed by atoms with E-state index in [0.29, 0.717) is 12.0 Å². The molecular weight excluding hydrogens is 315 g/mol. The average molecular weight is 331 g/mol. The second-order valence-corrected chi connectivity index (χ2v) is 5.70. The van der Waals surface area contributed by atoms with E-state index < -0.39 is 11.6 Å². The van der Waals surface area contributed by atoms with Crippen molar-refractivity contribution >= 4 is 35.0 Å². The van der Waals surface area contributed by atoms with E-state index in [4.69, 9.17) is 33.0 Å². The maximum absolute atomic E-state index is 12.1. The number of ether oxygens (including phenoxy) is 1. The van der Waals surface area contributed by atoms with Crippen molar-refractivity contribution in [3.8, 4) is 5.75 Å². The maximum Gasteiger partial charge on any atom is 0.347 e. The van der Waals surface area contributed by atoms with Crippen LogP contribution in [0.5, 0.6) is 5.75 Å². The van der Waals surface area contributed by atoms with E-state index in [9.17, 15) is 9.59 Å². The number of carboxylic acids is 1. The summed E-state index contributed by atoms with van der Waals surface area (Å²) in [5, 5.41) is 9.07. The van der Waals surface area contributed by atoms with E-state index >= 15 is 0 Å². The molecule has 0 amide bonds. The fraction of sp³-hybridized carbons (Fsp3) is 0.333. The molecule has 1 aromatic rings. The van der Waals surface area contributed by atoms with Crippen molar-refractivity contribution in [2.24, 2.45) is 0 Å². The lowest BCUT2D eigenvalue weighted by Gasteiger charge is -2.22. The number of benzene rings is 1. The van der Waals surface area contributed by atoms with Crippen LogP contribution in [0, 0.1) is 0 Å². The zero-order chi connectivity index (χ0) is 16.4. The Balaban J connectivity index is 3.20. The van der Waals surface area contributed by atoms with Crippen LogP contribution < -0.4 is 4.74 Å². The molecule has 0 spiro atoms. The van der Waals surface area contributed by atoms with E-state index in [1.807, 2.05) is 6.92 Å². The third-order valence-corrected chi connectivity index (χ3v) is 3.78. The molecule has 1 aromatic carbocycles. The van der Waals surface area contributed by atoms with Crippen LogP contribution in [0.15, 0.2) is 24.3 Å². The number of hydrogen-bond donors (Lipinski definition) is 1. The van der Waals surface area contributed by atoms with Crippen LogP contribution in [0.4, 0.5) is 0 Å². The number of carbonyl (C=O) groups excluding carboxylic acids is 1. The normalized spacial score (nSPS) is 11.1. The lowest BCUT2D eigenvalue weighted by atomic mass is 10.0. The molecule has 0 atom stereocenters. The summed E-state index contributed by atoms with van der Waals surface area (Å²) >= 11 is 12.2. The van der Waals surface area contributed by atoms with Gasteiger partial charge in [0.1, 0.15) is 10.8 Å². The zero-order valence-electron chi connectivity index (χ0n) is 12.0. The van der Waals surface area contributed by atoms with Crippen molar-refractivity contribution < 1.29 is 19.4 Å². The molecule has 0 saturated heterocycles. The molecule has 0 saturated carbocycles. The Kier molecular flexibility index (Phi) is 5.42. The van der Waals surface area contributed by atoms with Gasteiger partial charge in [-0.25, -0.2) is 4.79 Å². The third kappa shape index (κ3) is 3.77. The number of carboxylic acid groups (broad SMARTS) is 1. The minimum Gasteiger partial charge on any atom is -0.478 e. The minimum absolute atomic E-state index is 0.000690. The standard InChI is InChI=1S/C15H16Cl2O4/c1-5-8(2)13(18)9-6-7-10(12(17)11(9)16)21-15(3,4)14(19)20/h6-7H,2,5H2,1,3-4H3,(H,19,20). The summed E-state index contributed by atoms with van der Waals surface area (Å²) in [4.78, 5) is 23.1. The number of allylic oxidation sites excluding steroid dienone is 1. The first-order chi connectivity index (χ1) is 9.61. The maximum atomic E-state index is 12.1. The Labute approximate surface area is 133 Å². The molecule has 1 rings (SSSR count). The molecule has 0 radical (unpaired) electrons. The van der Waals surface area contributed by atoms with E-state index in [0.717, 1.165) is 0 Å². The highest BCUT2D eigenvalue weighted by atomic mass is 35.5. The minimum atomic E-state index is -1.47. The van der Waals surface area contributed by atoms with Gasteiger partial charge in [-0.2, -0.15) is 0 Å². The molecule has 6 heteroatoms. The summed E-state index contributed by atoms with van der Waals surface area (Å²) < 4.78 is 5.35. The molecule has 21 heavy (non-hydrogen) atoms. The Morgan fingerprint density at radius 3 is 2.33 bits per heavy atom. The molecule has 1 N–H and O–H groups in total. The highest BCUT2D eigenvalue weighted by Gasteiger charge is 2.31. The molecule has 0 aliphatic carbocycles. The van der Waals surface area contributed by atoms with E-state index in [2.05, 4.69) is 6.58 Å². The van der Waals surface area contributed by atoms with Gasteiger partial charge in [0.2, 0.25) is 0 Å². The van der Waals surface area contributed by atoms with Crippen molar-refractivity contribution in [2.45, 2.75) is 32.8 Å². The van der Waals surface area contributed by atoms with E-state index in [1.54, 1.807) is 0 Å². The molecule has 0 aliphatic heterocycles. The van der Waals surface area contributed by atoms with Gasteiger partial charge in [0, 0.05) is 5.56 Å². The first-order valence-electron chi connectivity index (χ1n) is 6.24. The van der Waals surface area contributed by atoms with Gasteiger partial charge in [-0.3, -0.25) is 4.79 Å². The fourth-order valence-corrected chi connectivity index (χ4v) is 1.90. The lowest BCUT2D eigenvalue weighted by Crippen LogP contribution is -2.38. The van der Waals surface area contributed by atoms with Gasteiger partial charge >= 0.3 is 5.97 Å². The van der Waals surface area contributed by atoms with E-state index in [-0.39, 0.29) is 27.1 Å². The predicted octanol–water partition coefficient (Wildman–Crippen LogP) is 4.38. The first kappa shape index (κ1) is 17.5. The monoisotopic (exact) mass is 330 g/mol. The number of carbonyl (C=O) groups is 2. The number of aliphatic carboxylic acids is 1. The van der Waals surface area contributed by atoms with Crippen molar-refractivity contribution in [3.63, 3.8) is 0 Å².